The second-order valence-corrected chi connectivity index (χ2v) is 7.51. The summed E-state index contributed by atoms with van der Waals surface area (Å²) in [5, 5.41) is 10.3. The van der Waals surface area contributed by atoms with Gasteiger partial charge in [-0.05, 0) is 45.7 Å². The van der Waals surface area contributed by atoms with E-state index < -0.39 is 0 Å². The first-order valence-corrected chi connectivity index (χ1v) is 9.35. The van der Waals surface area contributed by atoms with E-state index in [0.29, 0.717) is 19.1 Å². The van der Waals surface area contributed by atoms with Crippen molar-refractivity contribution in [2.24, 2.45) is 11.3 Å². The standard InChI is InChI=1S/C19H30N2O3/c1-3-9-20-10-5-15(6-11-20)18(23)21-12-7-19(8-13-21)16(22)14-17(19)24-4-2/h1,15-17,22H,4-14H2,2H3/t16-,17-/m1/s1. The van der Waals surface area contributed by atoms with Crippen LogP contribution in [0.5, 0.6) is 0 Å². The molecule has 1 N–H and O–H groups in total. The Bertz CT molecular complexity index is 483. The Morgan fingerprint density at radius 2 is 1.96 bits per heavy atom. The van der Waals surface area contributed by atoms with Crippen molar-refractivity contribution in [1.29, 1.82) is 0 Å². The maximum atomic E-state index is 12.8. The Morgan fingerprint density at radius 3 is 2.50 bits per heavy atom. The molecule has 1 amide bonds. The molecule has 5 nitrogen and oxygen atoms in total. The summed E-state index contributed by atoms with van der Waals surface area (Å²) in [6, 6.07) is 0. The summed E-state index contributed by atoms with van der Waals surface area (Å²) in [6.07, 6.45) is 9.55. The van der Waals surface area contributed by atoms with E-state index in [9.17, 15) is 9.90 Å². The quantitative estimate of drug-likeness (QED) is 0.783. The fraction of sp³-hybridized carbons (Fsp3) is 0.842. The zero-order chi connectivity index (χ0) is 17.2. The average Bonchev–Trinajstić information content (AvgIpc) is 2.62. The minimum absolute atomic E-state index is 0.108. The normalized spacial score (nSPS) is 30.8. The topological polar surface area (TPSA) is 53.0 Å². The molecule has 24 heavy (non-hydrogen) atoms. The molecule has 3 rings (SSSR count). The van der Waals surface area contributed by atoms with Crippen LogP contribution in [0.1, 0.15) is 39.0 Å². The van der Waals surface area contributed by atoms with Crippen molar-refractivity contribution in [3.05, 3.63) is 0 Å². The van der Waals surface area contributed by atoms with Gasteiger partial charge in [-0.2, -0.15) is 0 Å². The summed E-state index contributed by atoms with van der Waals surface area (Å²) in [6.45, 7) is 6.73. The molecule has 0 bridgehead atoms. The highest BCUT2D eigenvalue weighted by Gasteiger charge is 2.56. The van der Waals surface area contributed by atoms with Crippen LogP contribution in [-0.2, 0) is 9.53 Å². The molecule has 0 aromatic heterocycles. The van der Waals surface area contributed by atoms with Crippen LogP contribution in [0.2, 0.25) is 0 Å². The van der Waals surface area contributed by atoms with Crippen LogP contribution in [0, 0.1) is 23.7 Å². The lowest BCUT2D eigenvalue weighted by Gasteiger charge is -2.56. The Hall–Kier alpha value is -1.09. The molecule has 0 unspecified atom stereocenters. The second-order valence-electron chi connectivity index (χ2n) is 7.51. The van der Waals surface area contributed by atoms with Crippen molar-refractivity contribution in [2.45, 2.75) is 51.2 Å². The molecule has 2 heterocycles. The van der Waals surface area contributed by atoms with Crippen molar-refractivity contribution >= 4 is 5.91 Å². The van der Waals surface area contributed by atoms with Gasteiger partial charge in [0, 0.05) is 37.5 Å². The zero-order valence-electron chi connectivity index (χ0n) is 14.7. The number of nitrogens with zero attached hydrogens (tertiary/aromatic N) is 2. The molecular formula is C19H30N2O3. The van der Waals surface area contributed by atoms with E-state index >= 15 is 0 Å². The maximum absolute atomic E-state index is 12.8. The summed E-state index contributed by atoms with van der Waals surface area (Å²) >= 11 is 0. The Labute approximate surface area is 145 Å². The van der Waals surface area contributed by atoms with E-state index in [1.54, 1.807) is 0 Å². The van der Waals surface area contributed by atoms with E-state index in [2.05, 4.69) is 10.8 Å². The highest BCUT2D eigenvalue weighted by molar-refractivity contribution is 5.79. The van der Waals surface area contributed by atoms with E-state index in [0.717, 1.165) is 58.3 Å². The van der Waals surface area contributed by atoms with E-state index in [4.69, 9.17) is 11.2 Å². The number of piperidine rings is 2. The number of carbonyl (C=O) groups is 1. The molecular weight excluding hydrogens is 304 g/mol. The number of hydrogen-bond acceptors (Lipinski definition) is 4. The van der Waals surface area contributed by atoms with Gasteiger partial charge < -0.3 is 14.7 Å². The number of aliphatic hydroxyl groups excluding tert-OH is 1. The minimum atomic E-state index is -0.265. The molecule has 3 aliphatic rings. The number of ether oxygens (including phenoxy) is 1. The molecule has 0 aromatic carbocycles. The van der Waals surface area contributed by atoms with Gasteiger partial charge in [0.1, 0.15) is 0 Å². The first kappa shape index (κ1) is 17.7. The molecule has 0 aromatic rings. The molecule has 5 heteroatoms. The summed E-state index contributed by atoms with van der Waals surface area (Å²) in [4.78, 5) is 17.1. The number of aliphatic hydroxyl groups is 1. The lowest BCUT2D eigenvalue weighted by atomic mass is 9.58. The van der Waals surface area contributed by atoms with Gasteiger partial charge in [0.2, 0.25) is 5.91 Å². The van der Waals surface area contributed by atoms with Crippen molar-refractivity contribution in [2.75, 3.05) is 39.3 Å². The maximum Gasteiger partial charge on any atom is 0.225 e. The predicted molar refractivity (Wildman–Crippen MR) is 92.3 cm³/mol. The fourth-order valence-electron chi connectivity index (χ4n) is 4.69. The van der Waals surface area contributed by atoms with Crippen molar-refractivity contribution < 1.29 is 14.6 Å². The Kier molecular flexibility index (Phi) is 5.49. The first-order chi connectivity index (χ1) is 11.6. The van der Waals surface area contributed by atoms with Crippen LogP contribution in [0.25, 0.3) is 0 Å². The van der Waals surface area contributed by atoms with Crippen LogP contribution in [0.4, 0.5) is 0 Å². The molecule has 2 atom stereocenters. The number of carbonyl (C=O) groups excluding carboxylic acids is 1. The summed E-state index contributed by atoms with van der Waals surface area (Å²) in [5.41, 5.74) is -0.108. The van der Waals surface area contributed by atoms with Gasteiger partial charge in [-0.3, -0.25) is 9.69 Å². The SMILES string of the molecule is C#CCN1CCC(C(=O)N2CCC3(CC2)[C@H](O)C[C@H]3OCC)CC1. The van der Waals surface area contributed by atoms with Gasteiger partial charge in [0.15, 0.2) is 0 Å². The van der Waals surface area contributed by atoms with E-state index in [1.165, 1.54) is 0 Å². The van der Waals surface area contributed by atoms with Crippen LogP contribution in [0.3, 0.4) is 0 Å². The number of likely N-dealkylation sites (tertiary alicyclic amines) is 2. The third-order valence-corrected chi connectivity index (χ3v) is 6.37. The van der Waals surface area contributed by atoms with Crippen molar-refractivity contribution in [3.8, 4) is 12.3 Å². The van der Waals surface area contributed by atoms with Crippen molar-refractivity contribution in [1.82, 2.24) is 9.80 Å². The van der Waals surface area contributed by atoms with Gasteiger partial charge >= 0.3 is 0 Å². The molecule has 1 spiro atoms. The molecule has 1 saturated carbocycles. The summed E-state index contributed by atoms with van der Waals surface area (Å²) in [7, 11) is 0. The third kappa shape index (κ3) is 3.20. The minimum Gasteiger partial charge on any atom is -0.392 e. The van der Waals surface area contributed by atoms with Crippen LogP contribution in [-0.4, -0.2) is 72.4 Å². The number of terminal acetylenes is 1. The van der Waals surface area contributed by atoms with Crippen LogP contribution in [0.15, 0.2) is 0 Å². The average molecular weight is 334 g/mol. The predicted octanol–water partition coefficient (Wildman–Crippen LogP) is 1.11. The van der Waals surface area contributed by atoms with Gasteiger partial charge in [-0.1, -0.05) is 5.92 Å². The molecule has 3 fully saturated rings. The Balaban J connectivity index is 1.50. The summed E-state index contributed by atoms with van der Waals surface area (Å²) in [5.74, 6) is 3.12. The van der Waals surface area contributed by atoms with Gasteiger partial charge in [-0.25, -0.2) is 0 Å². The highest BCUT2D eigenvalue weighted by atomic mass is 16.5. The molecule has 134 valence electrons. The third-order valence-electron chi connectivity index (χ3n) is 6.37. The molecule has 2 aliphatic heterocycles. The summed E-state index contributed by atoms with van der Waals surface area (Å²) < 4.78 is 5.80. The van der Waals surface area contributed by atoms with Crippen LogP contribution >= 0.6 is 0 Å². The zero-order valence-corrected chi connectivity index (χ0v) is 14.7. The molecule has 0 radical (unpaired) electrons. The monoisotopic (exact) mass is 334 g/mol. The number of hydrogen-bond donors (Lipinski definition) is 1. The van der Waals surface area contributed by atoms with Crippen molar-refractivity contribution in [3.63, 3.8) is 0 Å². The Morgan fingerprint density at radius 1 is 1.29 bits per heavy atom. The number of rotatable bonds is 4. The van der Waals surface area contributed by atoms with E-state index in [-0.39, 0.29) is 23.5 Å². The first-order valence-electron chi connectivity index (χ1n) is 9.35. The van der Waals surface area contributed by atoms with Gasteiger partial charge in [-0.15, -0.1) is 6.42 Å². The second kappa shape index (κ2) is 7.43. The smallest absolute Gasteiger partial charge is 0.225 e. The van der Waals surface area contributed by atoms with Gasteiger partial charge in [0.25, 0.3) is 0 Å². The van der Waals surface area contributed by atoms with Gasteiger partial charge in [0.05, 0.1) is 18.8 Å². The van der Waals surface area contributed by atoms with E-state index in [1.807, 2.05) is 11.8 Å². The molecule has 1 aliphatic carbocycles. The number of amides is 1. The lowest BCUT2D eigenvalue weighted by Crippen LogP contribution is -2.63. The lowest BCUT2D eigenvalue weighted by molar-refractivity contribution is -0.210. The highest BCUT2D eigenvalue weighted by Crippen LogP contribution is 2.51. The largest absolute Gasteiger partial charge is 0.392 e. The fourth-order valence-corrected chi connectivity index (χ4v) is 4.69. The van der Waals surface area contributed by atoms with Crippen LogP contribution < -0.4 is 0 Å². The molecule has 2 saturated heterocycles.